The predicted octanol–water partition coefficient (Wildman–Crippen LogP) is 4.81. The first kappa shape index (κ1) is 26.1. The number of hydrogen-bond donors (Lipinski definition) is 3. The van der Waals surface area contributed by atoms with E-state index >= 15 is 0 Å². The maximum Gasteiger partial charge on any atom is 0.265 e. The molecule has 0 saturated carbocycles. The molecule has 10 nitrogen and oxygen atoms in total. The molecule has 2 heterocycles. The molecule has 0 fully saturated rings. The number of benzene rings is 1. The van der Waals surface area contributed by atoms with Gasteiger partial charge in [-0.05, 0) is 30.2 Å². The summed E-state index contributed by atoms with van der Waals surface area (Å²) in [5.41, 5.74) is 2.69. The van der Waals surface area contributed by atoms with Gasteiger partial charge in [0, 0.05) is 33.9 Å². The zero-order valence-electron chi connectivity index (χ0n) is 17.1. The zero-order valence-corrected chi connectivity index (χ0v) is 20.4. The van der Waals surface area contributed by atoms with Gasteiger partial charge in [0.15, 0.2) is 12.4 Å². The molecule has 3 rings (SSSR count). The van der Waals surface area contributed by atoms with Gasteiger partial charge in [0.25, 0.3) is 10.1 Å². The second kappa shape index (κ2) is 12.2. The maximum atomic E-state index is 10.9. The van der Waals surface area contributed by atoms with Gasteiger partial charge in [-0.25, -0.2) is 15.1 Å². The number of hydrogen-bond acceptors (Lipinski definition) is 11. The maximum absolute atomic E-state index is 10.9. The molecule has 0 aliphatic heterocycles. The summed E-state index contributed by atoms with van der Waals surface area (Å²) in [6.07, 6.45) is 3.95. The smallest absolute Gasteiger partial charge is 0.265 e. The lowest BCUT2D eigenvalue weighted by Crippen LogP contribution is -2.33. The molecule has 178 valence electrons. The number of thiophene rings is 1. The fraction of sp³-hybridized carbons (Fsp3) is 0.211. The van der Waals surface area contributed by atoms with E-state index in [1.54, 1.807) is 0 Å². The van der Waals surface area contributed by atoms with E-state index in [-0.39, 0.29) is 5.75 Å². The summed E-state index contributed by atoms with van der Waals surface area (Å²) in [5, 5.41) is 24.5. The van der Waals surface area contributed by atoms with Crippen LogP contribution in [0.3, 0.4) is 0 Å². The summed E-state index contributed by atoms with van der Waals surface area (Å²) in [5.74, 6) is -0.296. The van der Waals surface area contributed by atoms with Gasteiger partial charge in [-0.15, -0.1) is 20.0 Å². The number of rotatable bonds is 12. The van der Waals surface area contributed by atoms with Crippen LogP contribution < -0.4 is 4.57 Å². The van der Waals surface area contributed by atoms with Crippen molar-refractivity contribution in [2.75, 3.05) is 5.75 Å². The molecule has 0 aliphatic carbocycles. The van der Waals surface area contributed by atoms with Crippen LogP contribution >= 0.6 is 35.4 Å². The van der Waals surface area contributed by atoms with Crippen molar-refractivity contribution in [2.24, 2.45) is 0 Å². The van der Waals surface area contributed by atoms with Crippen LogP contribution in [-0.2, 0) is 35.4 Å². The van der Waals surface area contributed by atoms with E-state index in [1.807, 2.05) is 60.3 Å². The number of aryl methyl sites for hydroxylation is 2. The summed E-state index contributed by atoms with van der Waals surface area (Å²) >= 11 is 3.21. The van der Waals surface area contributed by atoms with Crippen LogP contribution in [0.2, 0.25) is 0 Å². The van der Waals surface area contributed by atoms with Crippen molar-refractivity contribution in [1.29, 1.82) is 0 Å². The highest BCUT2D eigenvalue weighted by Crippen LogP contribution is 2.44. The van der Waals surface area contributed by atoms with Crippen LogP contribution in [-0.4, -0.2) is 29.2 Å². The summed E-state index contributed by atoms with van der Waals surface area (Å²) < 4.78 is 41.6. The quantitative estimate of drug-likeness (QED) is 0.0970. The van der Waals surface area contributed by atoms with E-state index in [4.69, 9.17) is 15.1 Å². The Labute approximate surface area is 202 Å². The third-order valence-corrected chi connectivity index (χ3v) is 8.00. The van der Waals surface area contributed by atoms with Crippen molar-refractivity contribution in [3.05, 3.63) is 54.4 Å². The van der Waals surface area contributed by atoms with Gasteiger partial charge in [-0.1, -0.05) is 22.2 Å². The fourth-order valence-electron chi connectivity index (χ4n) is 2.91. The van der Waals surface area contributed by atoms with E-state index < -0.39 is 10.1 Å². The average Bonchev–Trinajstić information content (AvgIpc) is 3.21. The Morgan fingerprint density at radius 1 is 0.970 bits per heavy atom. The Balaban J connectivity index is 1.86. The van der Waals surface area contributed by atoms with E-state index in [9.17, 15) is 8.42 Å². The average molecular weight is 535 g/mol. The molecule has 0 spiro atoms. The minimum atomic E-state index is -3.98. The molecule has 0 atom stereocenters. The van der Waals surface area contributed by atoms with Crippen LogP contribution in [0.25, 0.3) is 20.9 Å². The molecule has 0 aliphatic rings. The molecule has 0 bridgehead atoms. The van der Waals surface area contributed by atoms with Gasteiger partial charge in [-0.2, -0.15) is 8.42 Å². The molecule has 3 N–H and O–H groups in total. The van der Waals surface area contributed by atoms with E-state index in [0.29, 0.717) is 17.9 Å². The lowest BCUT2D eigenvalue weighted by Gasteiger charge is -2.07. The molecular formula is C19H20NO9S4+. The molecule has 0 radical (unpaired) electrons. The molecular weight excluding hydrogens is 514 g/mol. The third-order valence-electron chi connectivity index (χ3n) is 4.45. The van der Waals surface area contributed by atoms with Crippen LogP contribution in [0.4, 0.5) is 0 Å². The Morgan fingerprint density at radius 2 is 1.64 bits per heavy atom. The SMILES string of the molecule is Cc1ccc(-c2sc(-c3cc[n+](CCCS(=O)(=O)O)cc3)cc2SOOO)cc1SOOO. The van der Waals surface area contributed by atoms with Gasteiger partial charge < -0.3 is 0 Å². The molecule has 1 aromatic carbocycles. The summed E-state index contributed by atoms with van der Waals surface area (Å²) in [6.45, 7) is 2.34. The molecule has 14 heteroatoms. The van der Waals surface area contributed by atoms with Crippen LogP contribution in [0.1, 0.15) is 12.0 Å². The van der Waals surface area contributed by atoms with Gasteiger partial charge >= 0.3 is 0 Å². The van der Waals surface area contributed by atoms with Gasteiger partial charge in [0.05, 0.1) is 39.6 Å². The Kier molecular flexibility index (Phi) is 9.66. The second-order valence-electron chi connectivity index (χ2n) is 6.70. The summed E-state index contributed by atoms with van der Waals surface area (Å²) in [7, 11) is -3.98. The van der Waals surface area contributed by atoms with E-state index in [0.717, 1.165) is 55.4 Å². The molecule has 0 amide bonds. The van der Waals surface area contributed by atoms with Gasteiger partial charge in [-0.3, -0.25) is 4.55 Å². The Hall–Kier alpha value is -1.56. The van der Waals surface area contributed by atoms with Crippen molar-refractivity contribution in [1.82, 2.24) is 0 Å². The number of nitrogens with zero attached hydrogens (tertiary/aromatic N) is 1. The predicted molar refractivity (Wildman–Crippen MR) is 122 cm³/mol. The standard InChI is InChI=1S/C19H19NO9S4/c1-13-3-4-15(11-16(13)31-28-26-21)19-18(32-29-27-22)12-17(30-19)14-5-8-20(9-6-14)7-2-10-33(23,24)25/h3-6,8-9,11-12H,2,7,10H2,1H3,(H2-,21,22,23,24,25)/p+1. The minimum Gasteiger partial charge on any atom is -0.286 e. The van der Waals surface area contributed by atoms with Crippen LogP contribution in [0.5, 0.6) is 0 Å². The lowest BCUT2D eigenvalue weighted by molar-refractivity contribution is -0.696. The molecule has 2 aromatic heterocycles. The Bertz CT molecular complexity index is 1170. The first-order valence-corrected chi connectivity index (χ1v) is 13.2. The normalized spacial score (nSPS) is 11.8. The highest BCUT2D eigenvalue weighted by molar-refractivity contribution is 7.95. The highest BCUT2D eigenvalue weighted by Gasteiger charge is 2.17. The summed E-state index contributed by atoms with van der Waals surface area (Å²) in [4.78, 5) is 3.21. The first-order chi connectivity index (χ1) is 15.8. The fourth-order valence-corrected chi connectivity index (χ4v) is 5.71. The number of aromatic nitrogens is 1. The first-order valence-electron chi connectivity index (χ1n) is 9.29. The largest absolute Gasteiger partial charge is 0.286 e. The van der Waals surface area contributed by atoms with Crippen LogP contribution in [0.15, 0.2) is 58.6 Å². The second-order valence-corrected chi connectivity index (χ2v) is 10.8. The molecule has 3 aromatic rings. The Morgan fingerprint density at radius 3 is 2.27 bits per heavy atom. The highest BCUT2D eigenvalue weighted by atomic mass is 32.2. The topological polar surface area (TPSA) is 136 Å². The molecule has 0 unspecified atom stereocenters. The lowest BCUT2D eigenvalue weighted by atomic mass is 10.1. The van der Waals surface area contributed by atoms with Gasteiger partial charge in [0.1, 0.15) is 6.54 Å². The van der Waals surface area contributed by atoms with Crippen molar-refractivity contribution in [3.8, 4) is 20.9 Å². The zero-order chi connectivity index (χ0) is 23.8. The summed E-state index contributed by atoms with van der Waals surface area (Å²) in [6, 6.07) is 11.4. The van der Waals surface area contributed by atoms with Crippen molar-refractivity contribution < 1.29 is 46.8 Å². The van der Waals surface area contributed by atoms with Crippen LogP contribution in [0, 0.1) is 6.92 Å². The monoisotopic (exact) mass is 534 g/mol. The van der Waals surface area contributed by atoms with Crippen molar-refractivity contribution in [2.45, 2.75) is 29.7 Å². The van der Waals surface area contributed by atoms with E-state index in [1.165, 1.54) is 11.3 Å². The van der Waals surface area contributed by atoms with E-state index in [2.05, 4.69) is 18.7 Å². The molecule has 0 saturated heterocycles. The van der Waals surface area contributed by atoms with Crippen molar-refractivity contribution >= 4 is 45.5 Å². The van der Waals surface area contributed by atoms with Crippen molar-refractivity contribution in [3.63, 3.8) is 0 Å². The third kappa shape index (κ3) is 7.73. The number of pyridine rings is 1. The molecule has 33 heavy (non-hydrogen) atoms. The van der Waals surface area contributed by atoms with Gasteiger partial charge in [0.2, 0.25) is 0 Å². The minimum absolute atomic E-state index is 0.296.